The maximum absolute atomic E-state index is 12.2. The second-order valence-electron chi connectivity index (χ2n) is 7.66. The van der Waals surface area contributed by atoms with E-state index in [1.807, 2.05) is 4.90 Å². The number of carbonyl (C=O) groups excluding carboxylic acids is 1. The minimum Gasteiger partial charge on any atom is -0.377 e. The van der Waals surface area contributed by atoms with Crippen molar-refractivity contribution < 1.29 is 14.1 Å². The molecule has 4 rings (SSSR count). The number of rotatable bonds is 6. The first kappa shape index (κ1) is 17.0. The summed E-state index contributed by atoms with van der Waals surface area (Å²) in [5.74, 6) is 1.90. The van der Waals surface area contributed by atoms with Crippen molar-refractivity contribution in [3.8, 4) is 0 Å². The number of amides is 1. The van der Waals surface area contributed by atoms with Crippen LogP contribution in [-0.4, -0.2) is 64.2 Å². The molecule has 0 spiro atoms. The second kappa shape index (κ2) is 7.41. The van der Waals surface area contributed by atoms with Gasteiger partial charge < -0.3 is 14.2 Å². The van der Waals surface area contributed by atoms with Crippen LogP contribution in [0.4, 0.5) is 0 Å². The number of ether oxygens (including phenoxy) is 1. The van der Waals surface area contributed by atoms with Crippen LogP contribution in [0.5, 0.6) is 0 Å². The van der Waals surface area contributed by atoms with Crippen LogP contribution < -0.4 is 0 Å². The van der Waals surface area contributed by atoms with E-state index in [0.717, 1.165) is 57.8 Å². The number of carbonyl (C=O) groups is 1. The summed E-state index contributed by atoms with van der Waals surface area (Å²) in [5, 5.41) is 4.07. The minimum atomic E-state index is 0.0820. The van der Waals surface area contributed by atoms with Gasteiger partial charge in [0, 0.05) is 45.1 Å². The maximum atomic E-state index is 12.2. The van der Waals surface area contributed by atoms with Crippen LogP contribution in [0.15, 0.2) is 4.52 Å². The van der Waals surface area contributed by atoms with E-state index in [1.54, 1.807) is 6.92 Å². The third kappa shape index (κ3) is 4.20. The van der Waals surface area contributed by atoms with Gasteiger partial charge in [-0.1, -0.05) is 5.16 Å². The van der Waals surface area contributed by atoms with E-state index in [2.05, 4.69) is 15.0 Å². The molecule has 2 aliphatic heterocycles. The molecule has 1 aliphatic carbocycles. The highest BCUT2D eigenvalue weighted by Crippen LogP contribution is 2.38. The Hall–Kier alpha value is -1.47. The van der Waals surface area contributed by atoms with Crippen LogP contribution >= 0.6 is 0 Å². The van der Waals surface area contributed by atoms with Gasteiger partial charge in [0.05, 0.1) is 12.6 Å². The highest BCUT2D eigenvalue weighted by atomic mass is 16.5. The fourth-order valence-corrected chi connectivity index (χ4v) is 3.95. The summed E-state index contributed by atoms with van der Waals surface area (Å²) in [6.07, 6.45) is 7.24. The van der Waals surface area contributed by atoms with Crippen molar-refractivity contribution in [2.45, 2.75) is 70.1 Å². The number of hydrogen-bond acceptors (Lipinski definition) is 6. The molecule has 0 bridgehead atoms. The Morgan fingerprint density at radius 3 is 2.88 bits per heavy atom. The van der Waals surface area contributed by atoms with Crippen molar-refractivity contribution in [2.24, 2.45) is 0 Å². The van der Waals surface area contributed by atoms with E-state index >= 15 is 0 Å². The zero-order valence-electron chi connectivity index (χ0n) is 15.0. The lowest BCUT2D eigenvalue weighted by molar-refractivity contribution is -0.131. The molecule has 1 aromatic rings. The Morgan fingerprint density at radius 2 is 2.16 bits per heavy atom. The molecule has 3 fully saturated rings. The second-order valence-corrected chi connectivity index (χ2v) is 7.66. The summed E-state index contributed by atoms with van der Waals surface area (Å²) in [6, 6.07) is 0.226. The summed E-state index contributed by atoms with van der Waals surface area (Å²) in [4.78, 5) is 21.0. The summed E-state index contributed by atoms with van der Waals surface area (Å²) >= 11 is 0. The molecule has 1 amide bonds. The van der Waals surface area contributed by atoms with E-state index < -0.39 is 0 Å². The van der Waals surface area contributed by atoms with Crippen LogP contribution in [0.3, 0.4) is 0 Å². The van der Waals surface area contributed by atoms with Crippen LogP contribution in [0.25, 0.3) is 0 Å². The van der Waals surface area contributed by atoms with Crippen molar-refractivity contribution in [3.63, 3.8) is 0 Å². The Kier molecular flexibility index (Phi) is 5.03. The number of nitrogens with zero attached hydrogens (tertiary/aromatic N) is 4. The first-order chi connectivity index (χ1) is 12.2. The first-order valence-corrected chi connectivity index (χ1v) is 9.62. The van der Waals surface area contributed by atoms with Gasteiger partial charge in [-0.2, -0.15) is 4.98 Å². The van der Waals surface area contributed by atoms with E-state index in [4.69, 9.17) is 9.26 Å². The quantitative estimate of drug-likeness (QED) is 0.782. The topological polar surface area (TPSA) is 71.7 Å². The smallest absolute Gasteiger partial charge is 0.229 e. The normalized spacial score (nSPS) is 27.6. The van der Waals surface area contributed by atoms with E-state index in [1.165, 1.54) is 12.8 Å². The Labute approximate surface area is 148 Å². The first-order valence-electron chi connectivity index (χ1n) is 9.62. The van der Waals surface area contributed by atoms with E-state index in [9.17, 15) is 4.79 Å². The Morgan fingerprint density at radius 1 is 1.28 bits per heavy atom. The van der Waals surface area contributed by atoms with Gasteiger partial charge in [0.1, 0.15) is 0 Å². The lowest BCUT2D eigenvalue weighted by Crippen LogP contribution is -2.42. The molecule has 3 heterocycles. The highest BCUT2D eigenvalue weighted by Gasteiger charge is 2.33. The fourth-order valence-electron chi connectivity index (χ4n) is 3.95. The predicted octanol–water partition coefficient (Wildman–Crippen LogP) is 1.94. The molecule has 2 unspecified atom stereocenters. The fraction of sp³-hybridized carbons (Fsp3) is 0.833. The summed E-state index contributed by atoms with van der Waals surface area (Å²) < 4.78 is 11.2. The van der Waals surface area contributed by atoms with Crippen molar-refractivity contribution in [3.05, 3.63) is 11.7 Å². The molecule has 1 saturated carbocycles. The molecule has 0 N–H and O–H groups in total. The van der Waals surface area contributed by atoms with Gasteiger partial charge >= 0.3 is 0 Å². The molecular formula is C18H28N4O3. The summed E-state index contributed by atoms with van der Waals surface area (Å²) in [5.41, 5.74) is 0. The SMILES string of the molecule is CC(=O)N(Cc1noc(C2CC2)n1)C1CCN(CC2CCCCO2)C1. The standard InChI is InChI=1S/C18H28N4O3/c1-13(23)22(12-17-19-18(25-20-17)14-5-6-14)15-7-8-21(10-15)11-16-4-2-3-9-24-16/h14-16H,2-12H2,1H3. The van der Waals surface area contributed by atoms with Crippen molar-refractivity contribution >= 4 is 5.91 Å². The average molecular weight is 348 g/mol. The molecule has 138 valence electrons. The molecule has 2 saturated heterocycles. The van der Waals surface area contributed by atoms with Gasteiger partial charge in [-0.15, -0.1) is 0 Å². The van der Waals surface area contributed by atoms with Crippen LogP contribution in [0.2, 0.25) is 0 Å². The lowest BCUT2D eigenvalue weighted by Gasteiger charge is -2.29. The molecule has 0 radical (unpaired) electrons. The minimum absolute atomic E-state index is 0.0820. The number of hydrogen-bond donors (Lipinski definition) is 0. The zero-order chi connectivity index (χ0) is 17.2. The summed E-state index contributed by atoms with van der Waals surface area (Å²) in [6.45, 7) is 5.89. The van der Waals surface area contributed by atoms with Crippen molar-refractivity contribution in [1.82, 2.24) is 19.9 Å². The molecule has 1 aromatic heterocycles. The largest absolute Gasteiger partial charge is 0.377 e. The zero-order valence-corrected chi connectivity index (χ0v) is 15.0. The van der Waals surface area contributed by atoms with Gasteiger partial charge in [0.15, 0.2) is 5.82 Å². The van der Waals surface area contributed by atoms with Gasteiger partial charge in [-0.25, -0.2) is 0 Å². The van der Waals surface area contributed by atoms with Crippen molar-refractivity contribution in [1.29, 1.82) is 0 Å². The Bertz CT molecular complexity index is 595. The number of likely N-dealkylation sites (tertiary alicyclic amines) is 1. The molecule has 25 heavy (non-hydrogen) atoms. The van der Waals surface area contributed by atoms with Crippen LogP contribution in [-0.2, 0) is 16.1 Å². The molecule has 3 aliphatic rings. The maximum Gasteiger partial charge on any atom is 0.229 e. The van der Waals surface area contributed by atoms with E-state index in [0.29, 0.717) is 24.4 Å². The summed E-state index contributed by atoms with van der Waals surface area (Å²) in [7, 11) is 0. The number of aromatic nitrogens is 2. The van der Waals surface area contributed by atoms with Crippen molar-refractivity contribution in [2.75, 3.05) is 26.2 Å². The van der Waals surface area contributed by atoms with Crippen LogP contribution in [0.1, 0.15) is 63.1 Å². The molecule has 2 atom stereocenters. The third-order valence-electron chi connectivity index (χ3n) is 5.55. The van der Waals surface area contributed by atoms with Crippen LogP contribution in [0, 0.1) is 0 Å². The third-order valence-corrected chi connectivity index (χ3v) is 5.55. The van der Waals surface area contributed by atoms with E-state index in [-0.39, 0.29) is 11.9 Å². The van der Waals surface area contributed by atoms with Gasteiger partial charge in [-0.3, -0.25) is 9.69 Å². The van der Waals surface area contributed by atoms with Gasteiger partial charge in [-0.05, 0) is 38.5 Å². The Balaban J connectivity index is 1.33. The average Bonchev–Trinajstić information content (AvgIpc) is 3.18. The molecule has 7 nitrogen and oxygen atoms in total. The predicted molar refractivity (Wildman–Crippen MR) is 90.9 cm³/mol. The molecule has 7 heteroatoms. The highest BCUT2D eigenvalue weighted by molar-refractivity contribution is 5.73. The van der Waals surface area contributed by atoms with Gasteiger partial charge in [0.25, 0.3) is 0 Å². The molecular weight excluding hydrogens is 320 g/mol. The monoisotopic (exact) mass is 348 g/mol. The molecule has 0 aromatic carbocycles. The lowest BCUT2D eigenvalue weighted by atomic mass is 10.1. The van der Waals surface area contributed by atoms with Gasteiger partial charge in [0.2, 0.25) is 11.8 Å².